The van der Waals surface area contributed by atoms with Crippen LogP contribution in [0.25, 0.3) is 33.1 Å². The number of aliphatic hydroxyl groups is 3. The molecule has 0 saturated carbocycles. The summed E-state index contributed by atoms with van der Waals surface area (Å²) in [6, 6.07) is 3.75. The Morgan fingerprint density at radius 1 is 0.951 bits per heavy atom. The van der Waals surface area contributed by atoms with E-state index in [-0.39, 0.29) is 11.9 Å². The minimum atomic E-state index is -3.58. The Morgan fingerprint density at radius 3 is 2.00 bits per heavy atom. The van der Waals surface area contributed by atoms with E-state index in [9.17, 15) is 4.79 Å². The molecule has 16 nitrogen and oxygen atoms in total. The first-order valence-electron chi connectivity index (χ1n) is 11.8. The summed E-state index contributed by atoms with van der Waals surface area (Å²) >= 11 is 6.63. The van der Waals surface area contributed by atoms with Gasteiger partial charge in [-0.15, -0.1) is 0 Å². The fourth-order valence-corrected chi connectivity index (χ4v) is 4.15. The zero-order chi connectivity index (χ0) is 29.5. The number of hydrogen-bond donors (Lipinski definition) is 5. The van der Waals surface area contributed by atoms with E-state index >= 15 is 0 Å². The SMILES string of the molecule is CCc1[nH]c2nc(Oc3cnc4c(cnn4C)c3)nc(Oc3cnc4c(cnn4C)c3)c2c1Cl.O=C(O)C(O)(O)O. The third kappa shape index (κ3) is 5.57. The molecule has 0 aliphatic carbocycles. The number of H-pyrrole nitrogens is 1. The summed E-state index contributed by atoms with van der Waals surface area (Å²) in [5.41, 5.74) is 2.82. The average Bonchev–Trinajstić information content (AvgIpc) is 3.58. The van der Waals surface area contributed by atoms with E-state index in [1.807, 2.05) is 33.2 Å². The van der Waals surface area contributed by atoms with Crippen molar-refractivity contribution in [1.29, 1.82) is 0 Å². The largest absolute Gasteiger partial charge is 0.475 e. The number of carboxylic acid groups (broad SMARTS) is 1. The monoisotopic (exact) mass is 583 g/mol. The first kappa shape index (κ1) is 27.7. The van der Waals surface area contributed by atoms with Gasteiger partial charge < -0.3 is 34.9 Å². The van der Waals surface area contributed by atoms with Crippen molar-refractivity contribution in [2.75, 3.05) is 0 Å². The molecule has 0 radical (unpaired) electrons. The molecule has 0 aliphatic heterocycles. The number of pyridine rings is 2. The van der Waals surface area contributed by atoms with E-state index in [4.69, 9.17) is 41.5 Å². The summed E-state index contributed by atoms with van der Waals surface area (Å²) in [5.74, 6) is -4.47. The molecule has 0 saturated heterocycles. The number of aromatic amines is 1. The van der Waals surface area contributed by atoms with Gasteiger partial charge in [-0.3, -0.25) is 9.36 Å². The Bertz CT molecular complexity index is 1910. The third-order valence-electron chi connectivity index (χ3n) is 5.77. The molecule has 6 aromatic rings. The van der Waals surface area contributed by atoms with Gasteiger partial charge in [0.2, 0.25) is 5.88 Å². The maximum Gasteiger partial charge on any atom is 0.395 e. The molecule has 6 aromatic heterocycles. The van der Waals surface area contributed by atoms with E-state index in [1.54, 1.807) is 34.2 Å². The first-order valence-corrected chi connectivity index (χ1v) is 12.2. The van der Waals surface area contributed by atoms with E-state index in [0.29, 0.717) is 34.0 Å². The van der Waals surface area contributed by atoms with Gasteiger partial charge in [0.1, 0.15) is 22.5 Å². The van der Waals surface area contributed by atoms with Gasteiger partial charge in [-0.1, -0.05) is 18.5 Å². The van der Waals surface area contributed by atoms with Crippen molar-refractivity contribution in [1.82, 2.24) is 44.5 Å². The molecule has 0 aliphatic rings. The molecule has 0 spiro atoms. The Morgan fingerprint density at radius 2 is 1.49 bits per heavy atom. The van der Waals surface area contributed by atoms with Crippen LogP contribution in [0.2, 0.25) is 5.02 Å². The van der Waals surface area contributed by atoms with Gasteiger partial charge in [0.05, 0.1) is 29.8 Å². The number of nitrogens with one attached hydrogen (secondary N) is 1. The molecular weight excluding hydrogens is 562 g/mol. The number of aliphatic carboxylic acids is 1. The van der Waals surface area contributed by atoms with Gasteiger partial charge in [0.25, 0.3) is 0 Å². The van der Waals surface area contributed by atoms with Crippen molar-refractivity contribution in [2.24, 2.45) is 14.1 Å². The molecule has 0 amide bonds. The number of halogens is 1. The maximum atomic E-state index is 9.27. The van der Waals surface area contributed by atoms with Crippen LogP contribution in [0.5, 0.6) is 23.4 Å². The predicted molar refractivity (Wildman–Crippen MR) is 142 cm³/mol. The summed E-state index contributed by atoms with van der Waals surface area (Å²) < 4.78 is 15.5. The minimum Gasteiger partial charge on any atom is -0.475 e. The van der Waals surface area contributed by atoms with Gasteiger partial charge in [-0.25, -0.2) is 14.8 Å². The highest BCUT2D eigenvalue weighted by atomic mass is 35.5. The molecule has 6 rings (SSSR count). The lowest BCUT2D eigenvalue weighted by Gasteiger charge is -2.09. The van der Waals surface area contributed by atoms with Crippen LogP contribution in [0, 0.1) is 0 Å². The Labute approximate surface area is 234 Å². The lowest BCUT2D eigenvalue weighted by molar-refractivity contribution is -0.300. The highest BCUT2D eigenvalue weighted by Crippen LogP contribution is 2.37. The number of nitrogens with zero attached hydrogens (tertiary/aromatic N) is 8. The number of hydrogen-bond acceptors (Lipinski definition) is 12. The second-order valence-electron chi connectivity index (χ2n) is 8.65. The predicted octanol–water partition coefficient (Wildman–Crippen LogP) is 2.02. The molecule has 212 valence electrons. The number of carboxylic acids is 1. The summed E-state index contributed by atoms with van der Waals surface area (Å²) in [5, 5.41) is 41.5. The maximum absolute atomic E-state index is 9.27. The summed E-state index contributed by atoms with van der Waals surface area (Å²) in [6.07, 6.45) is 7.33. The van der Waals surface area contributed by atoms with Crippen molar-refractivity contribution >= 4 is 50.7 Å². The zero-order valence-corrected chi connectivity index (χ0v) is 22.4. The molecule has 5 N–H and O–H groups in total. The van der Waals surface area contributed by atoms with Crippen LogP contribution >= 0.6 is 11.6 Å². The van der Waals surface area contributed by atoms with Crippen LogP contribution in [0.4, 0.5) is 0 Å². The molecule has 0 fully saturated rings. The van der Waals surface area contributed by atoms with Gasteiger partial charge in [0, 0.05) is 30.6 Å². The molecular formula is C24H22ClN9O7. The smallest absolute Gasteiger partial charge is 0.395 e. The highest BCUT2D eigenvalue weighted by molar-refractivity contribution is 6.36. The molecule has 0 atom stereocenters. The summed E-state index contributed by atoms with van der Waals surface area (Å²) in [6.45, 7) is 2.00. The van der Waals surface area contributed by atoms with E-state index in [1.165, 1.54) is 0 Å². The number of carbonyl (C=O) groups is 1. The lowest BCUT2D eigenvalue weighted by Crippen LogP contribution is -2.37. The number of ether oxygens (including phenoxy) is 2. The minimum absolute atomic E-state index is 0.0866. The van der Waals surface area contributed by atoms with E-state index in [0.717, 1.165) is 27.8 Å². The molecule has 0 bridgehead atoms. The first-order chi connectivity index (χ1) is 19.4. The van der Waals surface area contributed by atoms with E-state index < -0.39 is 11.9 Å². The van der Waals surface area contributed by atoms with Gasteiger partial charge in [-0.05, 0) is 18.6 Å². The van der Waals surface area contributed by atoms with Crippen LogP contribution in [0.15, 0.2) is 36.9 Å². The molecule has 0 unspecified atom stereocenters. The molecule has 6 heterocycles. The number of fused-ring (bicyclic) bond motifs is 3. The molecule has 41 heavy (non-hydrogen) atoms. The quantitative estimate of drug-likeness (QED) is 0.177. The summed E-state index contributed by atoms with van der Waals surface area (Å²) in [7, 11) is 3.66. The summed E-state index contributed by atoms with van der Waals surface area (Å²) in [4.78, 5) is 30.3. The van der Waals surface area contributed by atoms with Crippen molar-refractivity contribution in [3.05, 3.63) is 47.6 Å². The van der Waals surface area contributed by atoms with Crippen molar-refractivity contribution in [3.63, 3.8) is 0 Å². The zero-order valence-electron chi connectivity index (χ0n) is 21.6. The second kappa shape index (κ2) is 10.6. The van der Waals surface area contributed by atoms with Crippen LogP contribution in [0.1, 0.15) is 12.6 Å². The number of rotatable bonds is 6. The average molecular weight is 584 g/mol. The lowest BCUT2D eigenvalue weighted by atomic mass is 10.3. The van der Waals surface area contributed by atoms with Gasteiger partial charge in [0.15, 0.2) is 11.3 Å². The van der Waals surface area contributed by atoms with Gasteiger partial charge in [-0.2, -0.15) is 20.2 Å². The number of aromatic nitrogens is 9. The van der Waals surface area contributed by atoms with Crippen LogP contribution in [-0.4, -0.2) is 76.8 Å². The highest BCUT2D eigenvalue weighted by Gasteiger charge is 2.28. The normalized spacial score (nSPS) is 11.6. The van der Waals surface area contributed by atoms with E-state index in [2.05, 4.69) is 35.1 Å². The van der Waals surface area contributed by atoms with Crippen molar-refractivity contribution < 1.29 is 34.7 Å². The van der Waals surface area contributed by atoms with Crippen LogP contribution < -0.4 is 9.47 Å². The van der Waals surface area contributed by atoms with Crippen LogP contribution in [-0.2, 0) is 25.3 Å². The molecule has 17 heteroatoms. The Hall–Kier alpha value is -4.90. The Balaban J connectivity index is 0.000000431. The van der Waals surface area contributed by atoms with Crippen molar-refractivity contribution in [2.45, 2.75) is 19.3 Å². The number of aryl methyl sites for hydroxylation is 3. The fraction of sp³-hybridized carbons (Fsp3) is 0.208. The van der Waals surface area contributed by atoms with Crippen LogP contribution in [0.3, 0.4) is 0 Å². The Kier molecular flexibility index (Phi) is 7.14. The van der Waals surface area contributed by atoms with Crippen molar-refractivity contribution in [3.8, 4) is 23.4 Å². The molecule has 0 aromatic carbocycles. The topological polar surface area (TPSA) is 219 Å². The standard InChI is InChI=1S/C22H18ClN9O2.C2H4O5/c1-4-15-17(23)16-18(28-15)29-22(34-14-6-12-8-27-32(3)20(12)25-10-14)30-21(16)33-13-5-11-7-26-31(2)19(11)24-9-13;3-1(4)2(5,6)7/h5-10H,4H2,1-3H3,(H,28,29,30);5-7H,(H,3,4). The second-order valence-corrected chi connectivity index (χ2v) is 9.03. The fourth-order valence-electron chi connectivity index (χ4n) is 3.80. The van der Waals surface area contributed by atoms with Gasteiger partial charge >= 0.3 is 18.0 Å². The third-order valence-corrected chi connectivity index (χ3v) is 6.18.